The lowest BCUT2D eigenvalue weighted by molar-refractivity contribution is -0.136. The fourth-order valence-electron chi connectivity index (χ4n) is 1.65. The number of rotatable bonds is 2. The average Bonchev–Trinajstić information content (AvgIpc) is 2.41. The van der Waals surface area contributed by atoms with Gasteiger partial charge in [-0.15, -0.1) is 0 Å². The van der Waals surface area contributed by atoms with Crippen molar-refractivity contribution >= 4 is 17.0 Å². The van der Waals surface area contributed by atoms with Gasteiger partial charge in [-0.05, 0) is 24.6 Å². The first-order valence-electron chi connectivity index (χ1n) is 4.71. The number of hydrogen-bond donors (Lipinski definition) is 1. The number of aryl methyl sites for hydroxylation is 2. The summed E-state index contributed by atoms with van der Waals surface area (Å²) in [6, 6.07) is 5.57. The number of carbonyl (C=O) groups is 1. The average molecular weight is 204 g/mol. The van der Waals surface area contributed by atoms with E-state index in [-0.39, 0.29) is 6.42 Å². The Kier molecular flexibility index (Phi) is 2.19. The van der Waals surface area contributed by atoms with Gasteiger partial charge in [0.05, 0.1) is 17.5 Å². The van der Waals surface area contributed by atoms with Crippen molar-refractivity contribution in [2.75, 3.05) is 0 Å². The van der Waals surface area contributed by atoms with Gasteiger partial charge in [-0.1, -0.05) is 6.07 Å². The van der Waals surface area contributed by atoms with Crippen LogP contribution in [0.3, 0.4) is 0 Å². The van der Waals surface area contributed by atoms with E-state index in [2.05, 4.69) is 4.98 Å². The third kappa shape index (κ3) is 1.70. The van der Waals surface area contributed by atoms with Gasteiger partial charge in [-0.2, -0.15) is 0 Å². The molecular formula is C11H12N2O2. The molecule has 0 atom stereocenters. The van der Waals surface area contributed by atoms with E-state index in [1.807, 2.05) is 36.7 Å². The van der Waals surface area contributed by atoms with Crippen LogP contribution < -0.4 is 0 Å². The number of carboxylic acids is 1. The molecule has 4 nitrogen and oxygen atoms in total. The van der Waals surface area contributed by atoms with Crippen molar-refractivity contribution in [3.05, 3.63) is 29.6 Å². The summed E-state index contributed by atoms with van der Waals surface area (Å²) in [6.07, 6.45) is 0.0472. The first-order valence-corrected chi connectivity index (χ1v) is 4.71. The number of aliphatic carboxylic acids is 1. The molecule has 4 heteroatoms. The number of nitrogens with zero attached hydrogens (tertiary/aromatic N) is 2. The molecule has 0 saturated heterocycles. The summed E-state index contributed by atoms with van der Waals surface area (Å²) in [7, 11) is 1.95. The second kappa shape index (κ2) is 3.38. The SMILES string of the molecule is Cc1nc2cc(CC(=O)O)ccc2n1C. The molecular weight excluding hydrogens is 192 g/mol. The number of benzene rings is 1. The van der Waals surface area contributed by atoms with Gasteiger partial charge in [-0.3, -0.25) is 4.79 Å². The lowest BCUT2D eigenvalue weighted by Crippen LogP contribution is -1.99. The normalized spacial score (nSPS) is 10.8. The topological polar surface area (TPSA) is 55.1 Å². The number of carboxylic acid groups (broad SMARTS) is 1. The molecule has 0 bridgehead atoms. The van der Waals surface area contributed by atoms with Gasteiger partial charge in [0.1, 0.15) is 5.82 Å². The highest BCUT2D eigenvalue weighted by Gasteiger charge is 2.06. The van der Waals surface area contributed by atoms with Crippen molar-refractivity contribution in [1.29, 1.82) is 0 Å². The first kappa shape index (κ1) is 9.71. The standard InChI is InChI=1S/C11H12N2O2/c1-7-12-9-5-8(6-11(14)15)3-4-10(9)13(7)2/h3-5H,6H2,1-2H3,(H,14,15). The Labute approximate surface area is 87.2 Å². The third-order valence-corrected chi connectivity index (χ3v) is 2.52. The Hall–Kier alpha value is -1.84. The Morgan fingerprint density at radius 1 is 1.53 bits per heavy atom. The van der Waals surface area contributed by atoms with Crippen molar-refractivity contribution < 1.29 is 9.90 Å². The zero-order valence-corrected chi connectivity index (χ0v) is 8.69. The van der Waals surface area contributed by atoms with Crippen molar-refractivity contribution in [1.82, 2.24) is 9.55 Å². The van der Waals surface area contributed by atoms with E-state index in [9.17, 15) is 4.79 Å². The van der Waals surface area contributed by atoms with Crippen LogP contribution in [0.2, 0.25) is 0 Å². The van der Waals surface area contributed by atoms with Gasteiger partial charge in [0.25, 0.3) is 0 Å². The number of fused-ring (bicyclic) bond motifs is 1. The van der Waals surface area contributed by atoms with Crippen molar-refractivity contribution in [3.8, 4) is 0 Å². The lowest BCUT2D eigenvalue weighted by atomic mass is 10.1. The summed E-state index contributed by atoms with van der Waals surface area (Å²) in [5, 5.41) is 8.67. The van der Waals surface area contributed by atoms with E-state index in [1.165, 1.54) is 0 Å². The Morgan fingerprint density at radius 3 is 2.93 bits per heavy atom. The van der Waals surface area contributed by atoms with Gasteiger partial charge in [0, 0.05) is 7.05 Å². The maximum atomic E-state index is 10.6. The smallest absolute Gasteiger partial charge is 0.307 e. The molecule has 1 N–H and O–H groups in total. The molecule has 2 rings (SSSR count). The quantitative estimate of drug-likeness (QED) is 0.806. The molecule has 0 radical (unpaired) electrons. The summed E-state index contributed by atoms with van der Waals surface area (Å²) in [4.78, 5) is 14.9. The summed E-state index contributed by atoms with van der Waals surface area (Å²) in [5.41, 5.74) is 2.67. The monoisotopic (exact) mass is 204 g/mol. The molecule has 2 aromatic rings. The first-order chi connectivity index (χ1) is 7.08. The summed E-state index contributed by atoms with van der Waals surface area (Å²) >= 11 is 0. The summed E-state index contributed by atoms with van der Waals surface area (Å²) in [5.74, 6) is 0.111. The Balaban J connectivity index is 2.52. The van der Waals surface area contributed by atoms with Crippen molar-refractivity contribution in [2.24, 2.45) is 7.05 Å². The molecule has 0 aliphatic carbocycles. The van der Waals surface area contributed by atoms with E-state index in [0.717, 1.165) is 22.4 Å². The second-order valence-corrected chi connectivity index (χ2v) is 3.61. The predicted octanol–water partition coefficient (Wildman–Crippen LogP) is 1.51. The molecule has 0 amide bonds. The van der Waals surface area contributed by atoms with E-state index in [0.29, 0.717) is 0 Å². The molecule has 0 aliphatic heterocycles. The predicted molar refractivity (Wildman–Crippen MR) is 56.8 cm³/mol. The van der Waals surface area contributed by atoms with Crippen LogP contribution in [0.5, 0.6) is 0 Å². The van der Waals surface area contributed by atoms with Crippen molar-refractivity contribution in [2.45, 2.75) is 13.3 Å². The molecule has 0 spiro atoms. The van der Waals surface area contributed by atoms with E-state index < -0.39 is 5.97 Å². The van der Waals surface area contributed by atoms with Crippen LogP contribution >= 0.6 is 0 Å². The minimum Gasteiger partial charge on any atom is -0.481 e. The van der Waals surface area contributed by atoms with Crippen LogP contribution in [0.15, 0.2) is 18.2 Å². The molecule has 78 valence electrons. The van der Waals surface area contributed by atoms with Gasteiger partial charge in [0.15, 0.2) is 0 Å². The van der Waals surface area contributed by atoms with Crippen LogP contribution in [0, 0.1) is 6.92 Å². The van der Waals surface area contributed by atoms with Gasteiger partial charge in [-0.25, -0.2) is 4.98 Å². The van der Waals surface area contributed by atoms with Crippen LogP contribution in [0.25, 0.3) is 11.0 Å². The molecule has 0 saturated carbocycles. The number of aromatic nitrogens is 2. The minimum absolute atomic E-state index is 0.0472. The van der Waals surface area contributed by atoms with E-state index >= 15 is 0 Å². The fourth-order valence-corrected chi connectivity index (χ4v) is 1.65. The second-order valence-electron chi connectivity index (χ2n) is 3.61. The maximum Gasteiger partial charge on any atom is 0.307 e. The zero-order valence-electron chi connectivity index (χ0n) is 8.69. The molecule has 1 aromatic heterocycles. The Bertz CT molecular complexity index is 529. The van der Waals surface area contributed by atoms with E-state index in [1.54, 1.807) is 0 Å². The third-order valence-electron chi connectivity index (χ3n) is 2.52. The molecule has 0 unspecified atom stereocenters. The van der Waals surface area contributed by atoms with Crippen LogP contribution in [0.4, 0.5) is 0 Å². The molecule has 1 aromatic carbocycles. The zero-order chi connectivity index (χ0) is 11.0. The largest absolute Gasteiger partial charge is 0.481 e. The maximum absolute atomic E-state index is 10.6. The number of imidazole rings is 1. The van der Waals surface area contributed by atoms with Crippen LogP contribution in [-0.4, -0.2) is 20.6 Å². The van der Waals surface area contributed by atoms with Crippen LogP contribution in [0.1, 0.15) is 11.4 Å². The van der Waals surface area contributed by atoms with E-state index in [4.69, 9.17) is 5.11 Å². The lowest BCUT2D eigenvalue weighted by Gasteiger charge is -1.98. The van der Waals surface area contributed by atoms with Gasteiger partial charge in [0.2, 0.25) is 0 Å². The minimum atomic E-state index is -0.818. The fraction of sp³-hybridized carbons (Fsp3) is 0.273. The summed E-state index contributed by atoms with van der Waals surface area (Å²) in [6.45, 7) is 1.93. The summed E-state index contributed by atoms with van der Waals surface area (Å²) < 4.78 is 1.99. The molecule has 0 fully saturated rings. The molecule has 0 aliphatic rings. The Morgan fingerprint density at radius 2 is 2.27 bits per heavy atom. The van der Waals surface area contributed by atoms with Gasteiger partial charge >= 0.3 is 5.97 Å². The number of hydrogen-bond acceptors (Lipinski definition) is 2. The molecule has 1 heterocycles. The highest BCUT2D eigenvalue weighted by Crippen LogP contribution is 2.16. The van der Waals surface area contributed by atoms with Crippen LogP contribution in [-0.2, 0) is 18.3 Å². The molecule has 15 heavy (non-hydrogen) atoms. The van der Waals surface area contributed by atoms with Gasteiger partial charge < -0.3 is 9.67 Å². The van der Waals surface area contributed by atoms with Crippen molar-refractivity contribution in [3.63, 3.8) is 0 Å². The highest BCUT2D eigenvalue weighted by atomic mass is 16.4. The highest BCUT2D eigenvalue weighted by molar-refractivity contribution is 5.79.